The molecule has 0 atom stereocenters. The van der Waals surface area contributed by atoms with Gasteiger partial charge in [0.2, 0.25) is 0 Å². The van der Waals surface area contributed by atoms with Crippen molar-refractivity contribution in [1.29, 1.82) is 0 Å². The highest BCUT2D eigenvalue weighted by atomic mass is 32.2. The monoisotopic (exact) mass is 459 g/mol. The van der Waals surface area contributed by atoms with Gasteiger partial charge >= 0.3 is 5.97 Å². The predicted molar refractivity (Wildman–Crippen MR) is 127 cm³/mol. The van der Waals surface area contributed by atoms with Crippen molar-refractivity contribution in [3.05, 3.63) is 100 Å². The molecule has 1 aliphatic heterocycles. The van der Waals surface area contributed by atoms with E-state index in [-0.39, 0.29) is 24.3 Å². The minimum Gasteiger partial charge on any atom is -0.492 e. The molecule has 0 aliphatic carbocycles. The number of thioether (sulfide) groups is 1. The van der Waals surface area contributed by atoms with Crippen LogP contribution in [0.15, 0.2) is 83.8 Å². The Bertz CT molecular complexity index is 1190. The summed E-state index contributed by atoms with van der Waals surface area (Å²) in [5, 5.41) is -0.327. The first-order valence-electron chi connectivity index (χ1n) is 10.3. The fraction of sp³-hybridized carbons (Fsp3) is 0.115. The van der Waals surface area contributed by atoms with E-state index in [1.165, 1.54) is 4.90 Å². The molecule has 1 fully saturated rings. The SMILES string of the molecule is Cc1ccc(C(=O)Oc2ccc(/C=C3\SC(=O)N(CCOc4ccccc4)C3=O)cc2)cc1. The molecular weight excluding hydrogens is 438 g/mol. The van der Waals surface area contributed by atoms with Gasteiger partial charge in [-0.05, 0) is 66.7 Å². The summed E-state index contributed by atoms with van der Waals surface area (Å²) in [6, 6.07) is 23.1. The summed E-state index contributed by atoms with van der Waals surface area (Å²) >= 11 is 0.894. The lowest BCUT2D eigenvalue weighted by atomic mass is 10.1. The number of benzene rings is 3. The minimum atomic E-state index is -0.443. The van der Waals surface area contributed by atoms with Gasteiger partial charge in [-0.1, -0.05) is 48.0 Å². The number of carbonyl (C=O) groups is 3. The van der Waals surface area contributed by atoms with Gasteiger partial charge < -0.3 is 9.47 Å². The van der Waals surface area contributed by atoms with Crippen molar-refractivity contribution in [2.45, 2.75) is 6.92 Å². The van der Waals surface area contributed by atoms with Gasteiger partial charge in [0.15, 0.2) is 0 Å². The summed E-state index contributed by atoms with van der Waals surface area (Å²) in [4.78, 5) is 38.7. The number of imide groups is 1. The van der Waals surface area contributed by atoms with Gasteiger partial charge in [-0.3, -0.25) is 14.5 Å². The van der Waals surface area contributed by atoms with E-state index in [2.05, 4.69) is 0 Å². The average Bonchev–Trinajstić information content (AvgIpc) is 3.09. The van der Waals surface area contributed by atoms with Crippen LogP contribution in [0.4, 0.5) is 4.79 Å². The van der Waals surface area contributed by atoms with Gasteiger partial charge in [-0.25, -0.2) is 4.79 Å². The van der Waals surface area contributed by atoms with Crippen LogP contribution in [0, 0.1) is 6.92 Å². The molecule has 0 spiro atoms. The number of hydrogen-bond acceptors (Lipinski definition) is 6. The number of para-hydroxylation sites is 1. The second-order valence-electron chi connectivity index (χ2n) is 7.32. The highest BCUT2D eigenvalue weighted by Gasteiger charge is 2.34. The van der Waals surface area contributed by atoms with Gasteiger partial charge in [0, 0.05) is 0 Å². The Hall–Kier alpha value is -3.84. The van der Waals surface area contributed by atoms with E-state index in [9.17, 15) is 14.4 Å². The molecular formula is C26H21NO5S. The fourth-order valence-corrected chi connectivity index (χ4v) is 3.97. The average molecular weight is 460 g/mol. The van der Waals surface area contributed by atoms with Crippen molar-refractivity contribution in [1.82, 2.24) is 4.90 Å². The lowest BCUT2D eigenvalue weighted by Crippen LogP contribution is -2.32. The van der Waals surface area contributed by atoms with Crippen LogP contribution < -0.4 is 9.47 Å². The van der Waals surface area contributed by atoms with Crippen LogP contribution in [-0.2, 0) is 4.79 Å². The molecule has 0 N–H and O–H groups in total. The first-order chi connectivity index (χ1) is 16.0. The zero-order valence-electron chi connectivity index (χ0n) is 17.9. The van der Waals surface area contributed by atoms with Gasteiger partial charge in [0.05, 0.1) is 17.0 Å². The van der Waals surface area contributed by atoms with Gasteiger partial charge in [-0.15, -0.1) is 0 Å². The maximum Gasteiger partial charge on any atom is 0.343 e. The summed E-state index contributed by atoms with van der Waals surface area (Å²) in [6.07, 6.45) is 1.65. The number of nitrogens with zero attached hydrogens (tertiary/aromatic N) is 1. The van der Waals surface area contributed by atoms with Crippen LogP contribution >= 0.6 is 11.8 Å². The quantitative estimate of drug-likeness (QED) is 0.270. The van der Waals surface area contributed by atoms with E-state index < -0.39 is 5.97 Å². The van der Waals surface area contributed by atoms with Crippen LogP contribution in [0.25, 0.3) is 6.08 Å². The second kappa shape index (κ2) is 10.2. The molecule has 33 heavy (non-hydrogen) atoms. The molecule has 1 aliphatic rings. The van der Waals surface area contributed by atoms with Crippen molar-refractivity contribution in [3.8, 4) is 11.5 Å². The number of hydrogen-bond donors (Lipinski definition) is 0. The Balaban J connectivity index is 1.35. The third-order valence-corrected chi connectivity index (χ3v) is 5.78. The summed E-state index contributed by atoms with van der Waals surface area (Å²) in [5.74, 6) is 0.283. The molecule has 6 nitrogen and oxygen atoms in total. The normalized spacial score (nSPS) is 14.6. The zero-order valence-corrected chi connectivity index (χ0v) is 18.7. The highest BCUT2D eigenvalue weighted by molar-refractivity contribution is 8.18. The van der Waals surface area contributed by atoms with Crippen molar-refractivity contribution in [2.75, 3.05) is 13.2 Å². The molecule has 1 saturated heterocycles. The lowest BCUT2D eigenvalue weighted by molar-refractivity contribution is -0.123. The van der Waals surface area contributed by atoms with Crippen LogP contribution in [0.2, 0.25) is 0 Å². The molecule has 0 unspecified atom stereocenters. The molecule has 2 amide bonds. The number of esters is 1. The highest BCUT2D eigenvalue weighted by Crippen LogP contribution is 2.32. The summed E-state index contributed by atoms with van der Waals surface area (Å²) in [6.45, 7) is 2.34. The number of rotatable bonds is 7. The molecule has 3 aromatic rings. The molecule has 0 radical (unpaired) electrons. The van der Waals surface area contributed by atoms with E-state index in [1.54, 1.807) is 42.5 Å². The van der Waals surface area contributed by atoms with Crippen molar-refractivity contribution in [2.24, 2.45) is 0 Å². The molecule has 0 saturated carbocycles. The van der Waals surface area contributed by atoms with Crippen LogP contribution in [0.1, 0.15) is 21.5 Å². The zero-order chi connectivity index (χ0) is 23.2. The van der Waals surface area contributed by atoms with Crippen LogP contribution in [0.3, 0.4) is 0 Å². The summed E-state index contributed by atoms with van der Waals surface area (Å²) in [7, 11) is 0. The number of amides is 2. The Kier molecular flexibility index (Phi) is 6.90. The number of aryl methyl sites for hydroxylation is 1. The van der Waals surface area contributed by atoms with E-state index in [1.807, 2.05) is 49.4 Å². The molecule has 0 aromatic heterocycles. The molecule has 0 bridgehead atoms. The predicted octanol–water partition coefficient (Wildman–Crippen LogP) is 5.33. The Morgan fingerprint density at radius 3 is 2.30 bits per heavy atom. The van der Waals surface area contributed by atoms with E-state index in [0.29, 0.717) is 22.0 Å². The lowest BCUT2D eigenvalue weighted by Gasteiger charge is -2.13. The van der Waals surface area contributed by atoms with Crippen LogP contribution in [-0.4, -0.2) is 35.2 Å². The molecule has 7 heteroatoms. The standard InChI is InChI=1S/C26H21NO5S/c1-18-7-11-20(12-8-18)25(29)32-22-13-9-19(10-14-22)17-23-24(28)27(26(30)33-23)15-16-31-21-5-3-2-4-6-21/h2-14,17H,15-16H2,1H3/b23-17-. The second-order valence-corrected chi connectivity index (χ2v) is 8.31. The fourth-order valence-electron chi connectivity index (χ4n) is 3.10. The van der Waals surface area contributed by atoms with E-state index >= 15 is 0 Å². The Morgan fingerprint density at radius 2 is 1.61 bits per heavy atom. The van der Waals surface area contributed by atoms with Crippen LogP contribution in [0.5, 0.6) is 11.5 Å². The van der Waals surface area contributed by atoms with Crippen molar-refractivity contribution >= 4 is 35.0 Å². The Labute approximate surface area is 195 Å². The van der Waals surface area contributed by atoms with Crippen molar-refractivity contribution in [3.63, 3.8) is 0 Å². The topological polar surface area (TPSA) is 72.9 Å². The first kappa shape index (κ1) is 22.4. The van der Waals surface area contributed by atoms with Gasteiger partial charge in [0.25, 0.3) is 11.1 Å². The maximum atomic E-state index is 12.6. The largest absolute Gasteiger partial charge is 0.492 e. The van der Waals surface area contributed by atoms with E-state index in [4.69, 9.17) is 9.47 Å². The van der Waals surface area contributed by atoms with Gasteiger partial charge in [-0.2, -0.15) is 0 Å². The first-order valence-corrected chi connectivity index (χ1v) is 11.1. The van der Waals surface area contributed by atoms with Gasteiger partial charge in [0.1, 0.15) is 18.1 Å². The Morgan fingerprint density at radius 1 is 0.909 bits per heavy atom. The van der Waals surface area contributed by atoms with Crippen molar-refractivity contribution < 1.29 is 23.9 Å². The van der Waals surface area contributed by atoms with E-state index in [0.717, 1.165) is 22.9 Å². The molecule has 3 aromatic carbocycles. The summed E-state index contributed by atoms with van der Waals surface area (Å²) in [5.41, 5.74) is 2.25. The maximum absolute atomic E-state index is 12.6. The molecule has 166 valence electrons. The third-order valence-electron chi connectivity index (χ3n) is 4.88. The number of carbonyl (C=O) groups excluding carboxylic acids is 3. The third kappa shape index (κ3) is 5.70. The minimum absolute atomic E-state index is 0.171. The number of ether oxygens (including phenoxy) is 2. The molecule has 4 rings (SSSR count). The smallest absolute Gasteiger partial charge is 0.343 e. The summed E-state index contributed by atoms with van der Waals surface area (Å²) < 4.78 is 11.0. The molecule has 1 heterocycles.